The van der Waals surface area contributed by atoms with Gasteiger partial charge < -0.3 is 10.2 Å². The predicted octanol–water partition coefficient (Wildman–Crippen LogP) is 3.35. The Balaban J connectivity index is 1.57. The fraction of sp³-hybridized carbons (Fsp3) is 0.238. The molecule has 3 aromatic rings. The number of aliphatic imine (C=N–C) groups is 1. The molecule has 35 heavy (non-hydrogen) atoms. The van der Waals surface area contributed by atoms with Crippen molar-refractivity contribution < 1.29 is 22.6 Å². The molecule has 0 radical (unpaired) electrons. The Kier molecular flexibility index (Phi) is 8.89. The Morgan fingerprint density at radius 3 is 2.63 bits per heavy atom. The van der Waals surface area contributed by atoms with Crippen LogP contribution in [0.1, 0.15) is 17.7 Å². The van der Waals surface area contributed by atoms with E-state index in [-0.39, 0.29) is 40.5 Å². The molecule has 0 atom stereocenters. The van der Waals surface area contributed by atoms with Crippen molar-refractivity contribution in [2.75, 3.05) is 36.6 Å². The Bertz CT molecular complexity index is 1310. The number of nitrogens with one attached hydrogen (secondary N) is 2. The molecule has 0 saturated heterocycles. The predicted molar refractivity (Wildman–Crippen MR) is 135 cm³/mol. The van der Waals surface area contributed by atoms with Crippen LogP contribution in [-0.4, -0.2) is 62.4 Å². The molecule has 11 nitrogen and oxygen atoms in total. The monoisotopic (exact) mass is 567 g/mol. The van der Waals surface area contributed by atoms with Gasteiger partial charge in [0.05, 0.1) is 15.9 Å². The van der Waals surface area contributed by atoms with Gasteiger partial charge in [0.2, 0.25) is 5.82 Å². The van der Waals surface area contributed by atoms with Crippen molar-refractivity contribution in [1.82, 2.24) is 15.8 Å². The van der Waals surface area contributed by atoms with Crippen LogP contribution in [-0.2, 0) is 10.0 Å². The van der Waals surface area contributed by atoms with Crippen molar-refractivity contribution in [3.05, 3.63) is 64.0 Å². The summed E-state index contributed by atoms with van der Waals surface area (Å²) in [6.45, 7) is 0.203. The zero-order chi connectivity index (χ0) is 25.4. The smallest absolute Gasteiger partial charge is 0.253 e. The van der Waals surface area contributed by atoms with E-state index in [0.29, 0.717) is 11.3 Å². The summed E-state index contributed by atoms with van der Waals surface area (Å²) >= 11 is 3.06. The summed E-state index contributed by atoms with van der Waals surface area (Å²) in [5.74, 6) is -0.636. The van der Waals surface area contributed by atoms with Crippen molar-refractivity contribution in [3.63, 3.8) is 0 Å². The second-order valence-electron chi connectivity index (χ2n) is 7.42. The van der Waals surface area contributed by atoms with Crippen molar-refractivity contribution in [2.24, 2.45) is 9.39 Å². The van der Waals surface area contributed by atoms with E-state index in [1.807, 2.05) is 36.6 Å². The van der Waals surface area contributed by atoms with Gasteiger partial charge in [-0.25, -0.2) is 22.4 Å². The first kappa shape index (κ1) is 26.2. The molecule has 0 aliphatic carbocycles. The Hall–Kier alpha value is -3.36. The highest BCUT2D eigenvalue weighted by Crippen LogP contribution is 2.23. The summed E-state index contributed by atoms with van der Waals surface area (Å²) in [7, 11) is 0.152. The number of sulfonamides is 1. The van der Waals surface area contributed by atoms with E-state index in [0.717, 1.165) is 5.69 Å². The summed E-state index contributed by atoms with van der Waals surface area (Å²) in [5, 5.41) is 19.8. The second kappa shape index (κ2) is 11.9. The lowest BCUT2D eigenvalue weighted by Crippen LogP contribution is -2.22. The average molecular weight is 568 g/mol. The molecule has 3 rings (SSSR count). The van der Waals surface area contributed by atoms with Crippen molar-refractivity contribution in [2.45, 2.75) is 6.42 Å². The molecule has 0 aliphatic rings. The van der Waals surface area contributed by atoms with E-state index in [4.69, 9.17) is 4.63 Å². The third kappa shape index (κ3) is 7.56. The minimum Gasteiger partial charge on any atom is -0.378 e. The molecule has 0 bridgehead atoms. The molecule has 2 aromatic carbocycles. The van der Waals surface area contributed by atoms with Crippen LogP contribution in [0.4, 0.5) is 21.6 Å². The molecule has 186 valence electrons. The van der Waals surface area contributed by atoms with Gasteiger partial charge in [0.15, 0.2) is 11.5 Å². The van der Waals surface area contributed by atoms with Crippen LogP contribution in [0.15, 0.2) is 61.0 Å². The van der Waals surface area contributed by atoms with Crippen LogP contribution in [0.2, 0.25) is 0 Å². The minimum absolute atomic E-state index is 0.0509. The third-order valence-electron chi connectivity index (χ3n) is 4.61. The fourth-order valence-corrected chi connectivity index (χ4v) is 4.05. The van der Waals surface area contributed by atoms with Crippen LogP contribution in [0.25, 0.3) is 0 Å². The molecule has 0 fully saturated rings. The molecule has 1 heterocycles. The Morgan fingerprint density at radius 1 is 1.23 bits per heavy atom. The standard InChI is InChI=1S/C21H23BrFN7O4S/c1-30(2)16-7-4-14(5-8-16)13-25-35(32,33)11-3-10-24-20-19(28-34-29-20)21(27-31)26-15-6-9-18(23)17(22)12-15/h4-9,12-13,31H,3,10-11H2,1-2H3,(H,24,29)(H,26,27). The van der Waals surface area contributed by atoms with Crippen LogP contribution in [0, 0.1) is 5.82 Å². The molecule has 3 N–H and O–H groups in total. The molecular weight excluding hydrogens is 545 g/mol. The molecule has 0 unspecified atom stereocenters. The number of aromatic nitrogens is 2. The number of amidine groups is 1. The Labute approximate surface area is 209 Å². The van der Waals surface area contributed by atoms with Gasteiger partial charge in [-0.2, -0.15) is 4.40 Å². The third-order valence-corrected chi connectivity index (χ3v) is 6.45. The topological polar surface area (TPSA) is 145 Å². The van der Waals surface area contributed by atoms with Gasteiger partial charge in [-0.1, -0.05) is 12.1 Å². The first-order valence-electron chi connectivity index (χ1n) is 10.2. The largest absolute Gasteiger partial charge is 0.378 e. The maximum atomic E-state index is 13.4. The summed E-state index contributed by atoms with van der Waals surface area (Å²) in [4.78, 5) is 6.09. The van der Waals surface area contributed by atoms with Gasteiger partial charge in [-0.05, 0) is 68.6 Å². The summed E-state index contributed by atoms with van der Waals surface area (Å²) in [5.41, 5.74) is 3.95. The lowest BCUT2D eigenvalue weighted by molar-refractivity contribution is 0.234. The highest BCUT2D eigenvalue weighted by molar-refractivity contribution is 9.10. The normalized spacial score (nSPS) is 12.2. The molecule has 0 saturated carbocycles. The van der Waals surface area contributed by atoms with E-state index < -0.39 is 15.8 Å². The van der Waals surface area contributed by atoms with Crippen molar-refractivity contribution in [1.29, 1.82) is 0 Å². The number of hydroxylamine groups is 1. The van der Waals surface area contributed by atoms with Gasteiger partial charge in [0, 0.05) is 32.5 Å². The van der Waals surface area contributed by atoms with Crippen molar-refractivity contribution in [3.8, 4) is 0 Å². The Morgan fingerprint density at radius 2 is 1.97 bits per heavy atom. The number of halogens is 2. The van der Waals surface area contributed by atoms with Gasteiger partial charge in [0.25, 0.3) is 10.0 Å². The van der Waals surface area contributed by atoms with Gasteiger partial charge in [-0.3, -0.25) is 10.7 Å². The van der Waals surface area contributed by atoms with Crippen LogP contribution >= 0.6 is 15.9 Å². The summed E-state index contributed by atoms with van der Waals surface area (Å²) < 4.78 is 46.5. The first-order chi connectivity index (χ1) is 16.7. The SMILES string of the molecule is CN(C)c1ccc(C=NS(=O)(=O)CCCNc2nonc2C(=Nc2ccc(F)c(Br)c2)NO)cc1. The summed E-state index contributed by atoms with van der Waals surface area (Å²) in [6, 6.07) is 11.3. The van der Waals surface area contributed by atoms with E-state index >= 15 is 0 Å². The summed E-state index contributed by atoms with van der Waals surface area (Å²) in [6.07, 6.45) is 1.53. The van der Waals surface area contributed by atoms with Gasteiger partial charge in [-0.15, -0.1) is 0 Å². The van der Waals surface area contributed by atoms with Crippen molar-refractivity contribution >= 4 is 55.2 Å². The maximum Gasteiger partial charge on any atom is 0.253 e. The zero-order valence-corrected chi connectivity index (χ0v) is 21.2. The number of nitrogens with zero attached hydrogens (tertiary/aromatic N) is 5. The van der Waals surface area contributed by atoms with Crippen LogP contribution < -0.4 is 15.7 Å². The van der Waals surface area contributed by atoms with Crippen LogP contribution in [0.5, 0.6) is 0 Å². The average Bonchev–Trinajstić information content (AvgIpc) is 3.30. The minimum atomic E-state index is -3.68. The van der Waals surface area contributed by atoms with Gasteiger partial charge in [0.1, 0.15) is 5.82 Å². The molecular formula is C21H23BrFN7O4S. The number of anilines is 2. The quantitative estimate of drug-likeness (QED) is 0.145. The molecule has 0 aliphatic heterocycles. The van der Waals surface area contributed by atoms with E-state index in [9.17, 15) is 18.0 Å². The lowest BCUT2D eigenvalue weighted by Gasteiger charge is -2.11. The van der Waals surface area contributed by atoms with E-state index in [1.54, 1.807) is 12.1 Å². The lowest BCUT2D eigenvalue weighted by atomic mass is 10.2. The van der Waals surface area contributed by atoms with E-state index in [2.05, 4.69) is 41.0 Å². The van der Waals surface area contributed by atoms with Crippen LogP contribution in [0.3, 0.4) is 0 Å². The maximum absolute atomic E-state index is 13.4. The van der Waals surface area contributed by atoms with Gasteiger partial charge >= 0.3 is 0 Å². The number of hydrogen-bond acceptors (Lipinski definition) is 9. The zero-order valence-electron chi connectivity index (χ0n) is 18.8. The highest BCUT2D eigenvalue weighted by Gasteiger charge is 2.17. The molecule has 0 amide bonds. The second-order valence-corrected chi connectivity index (χ2v) is 10.1. The first-order valence-corrected chi connectivity index (χ1v) is 12.6. The number of hydrogen-bond donors (Lipinski definition) is 3. The molecule has 14 heteroatoms. The molecule has 0 spiro atoms. The van der Waals surface area contributed by atoms with E-state index in [1.165, 1.54) is 24.4 Å². The fourth-order valence-electron chi connectivity index (χ4n) is 2.79. The highest BCUT2D eigenvalue weighted by atomic mass is 79.9. The molecule has 1 aromatic heterocycles. The number of benzene rings is 2. The number of rotatable bonds is 10.